The zero-order valence-corrected chi connectivity index (χ0v) is 12.7. The lowest BCUT2D eigenvalue weighted by molar-refractivity contribution is 0.949. The van der Waals surface area contributed by atoms with Gasteiger partial charge in [0.2, 0.25) is 0 Å². The molecule has 3 nitrogen and oxygen atoms in total. The number of aromatic nitrogens is 1. The lowest BCUT2D eigenvalue weighted by Crippen LogP contribution is -2.17. The van der Waals surface area contributed by atoms with Crippen molar-refractivity contribution >= 4 is 22.3 Å². The maximum absolute atomic E-state index is 4.76. The Morgan fingerprint density at radius 1 is 1.25 bits per heavy atom. The fourth-order valence-corrected chi connectivity index (χ4v) is 3.30. The zero-order valence-electron chi connectivity index (χ0n) is 12.7. The molecule has 1 N–H and O–H groups in total. The van der Waals surface area contributed by atoms with Crippen LogP contribution in [0.2, 0.25) is 0 Å². The minimum absolute atomic E-state index is 1.01. The summed E-state index contributed by atoms with van der Waals surface area (Å²) in [6.07, 6.45) is 3.63. The van der Waals surface area contributed by atoms with Crippen LogP contribution >= 0.6 is 0 Å². The second-order valence-corrected chi connectivity index (χ2v) is 5.55. The van der Waals surface area contributed by atoms with Crippen LogP contribution < -0.4 is 10.2 Å². The van der Waals surface area contributed by atoms with E-state index >= 15 is 0 Å². The Labute approximate surface area is 121 Å². The maximum atomic E-state index is 4.76. The predicted molar refractivity (Wildman–Crippen MR) is 86.9 cm³/mol. The van der Waals surface area contributed by atoms with Crippen LogP contribution in [0.15, 0.2) is 18.2 Å². The van der Waals surface area contributed by atoms with Crippen LogP contribution in [0, 0.1) is 6.92 Å². The Kier molecular flexibility index (Phi) is 3.51. The number of nitrogens with zero attached hydrogens (tertiary/aromatic N) is 2. The summed E-state index contributed by atoms with van der Waals surface area (Å²) in [6.45, 7) is 6.66. The molecule has 1 aliphatic rings. The summed E-state index contributed by atoms with van der Waals surface area (Å²) in [5.41, 5.74) is 6.14. The van der Waals surface area contributed by atoms with E-state index in [2.05, 4.69) is 42.3 Å². The Morgan fingerprint density at radius 3 is 2.65 bits per heavy atom. The van der Waals surface area contributed by atoms with Gasteiger partial charge >= 0.3 is 0 Å². The molecule has 0 unspecified atom stereocenters. The predicted octanol–water partition coefficient (Wildman–Crippen LogP) is 3.75. The van der Waals surface area contributed by atoms with Crippen LogP contribution in [0.1, 0.15) is 31.0 Å². The summed E-state index contributed by atoms with van der Waals surface area (Å²) in [6, 6.07) is 6.68. The van der Waals surface area contributed by atoms with E-state index in [1.165, 1.54) is 48.3 Å². The Hall–Kier alpha value is -1.77. The number of fused-ring (bicyclic) bond motifs is 1. The van der Waals surface area contributed by atoms with Crippen molar-refractivity contribution in [2.45, 2.75) is 33.1 Å². The molecule has 0 amide bonds. The number of rotatable bonds is 3. The summed E-state index contributed by atoms with van der Waals surface area (Å²) in [5.74, 6) is 0. The van der Waals surface area contributed by atoms with Crippen LogP contribution in [-0.4, -0.2) is 25.1 Å². The fourth-order valence-electron chi connectivity index (χ4n) is 3.30. The fraction of sp³-hybridized carbons (Fsp3) is 0.471. The van der Waals surface area contributed by atoms with Crippen molar-refractivity contribution in [2.24, 2.45) is 0 Å². The first kappa shape index (κ1) is 13.2. The molecule has 0 saturated carbocycles. The summed E-state index contributed by atoms with van der Waals surface area (Å²) in [7, 11) is 2.01. The van der Waals surface area contributed by atoms with Crippen molar-refractivity contribution in [2.75, 3.05) is 30.4 Å². The number of aryl methyl sites for hydroxylation is 1. The molecular formula is C17H23N3. The van der Waals surface area contributed by atoms with Gasteiger partial charge in [0, 0.05) is 42.6 Å². The summed E-state index contributed by atoms with van der Waals surface area (Å²) in [4.78, 5) is 7.24. The van der Waals surface area contributed by atoms with Crippen molar-refractivity contribution in [3.63, 3.8) is 0 Å². The second kappa shape index (κ2) is 5.31. The molecule has 20 heavy (non-hydrogen) atoms. The molecule has 0 aliphatic carbocycles. The van der Waals surface area contributed by atoms with Crippen LogP contribution in [0.3, 0.4) is 0 Å². The van der Waals surface area contributed by atoms with Gasteiger partial charge in [0.15, 0.2) is 0 Å². The molecule has 0 bridgehead atoms. The zero-order chi connectivity index (χ0) is 14.1. The largest absolute Gasteiger partial charge is 0.387 e. The normalized spacial score (nSPS) is 15.1. The standard InChI is InChI=1S/C17H23N3/c1-4-14-12(2)19-16-8-7-13(20-9-5-6-10-20)11-15(16)17(14)18-3/h7-8,11H,4-6,9-10H2,1-3H3,(H,18,19). The van der Waals surface area contributed by atoms with Crippen molar-refractivity contribution < 1.29 is 0 Å². The minimum Gasteiger partial charge on any atom is -0.387 e. The first-order chi connectivity index (χ1) is 9.74. The van der Waals surface area contributed by atoms with E-state index in [-0.39, 0.29) is 0 Å². The van der Waals surface area contributed by atoms with E-state index < -0.39 is 0 Å². The van der Waals surface area contributed by atoms with Crippen LogP contribution in [0.5, 0.6) is 0 Å². The number of hydrogen-bond acceptors (Lipinski definition) is 3. The first-order valence-electron chi connectivity index (χ1n) is 7.60. The van der Waals surface area contributed by atoms with Gasteiger partial charge < -0.3 is 10.2 Å². The van der Waals surface area contributed by atoms with Crippen molar-refractivity contribution in [3.8, 4) is 0 Å². The summed E-state index contributed by atoms with van der Waals surface area (Å²) in [5, 5.41) is 4.64. The molecule has 0 atom stereocenters. The van der Waals surface area contributed by atoms with Crippen molar-refractivity contribution in [1.82, 2.24) is 4.98 Å². The van der Waals surface area contributed by atoms with Gasteiger partial charge in [-0.05, 0) is 49.9 Å². The van der Waals surface area contributed by atoms with Gasteiger partial charge in [-0.25, -0.2) is 0 Å². The molecule has 2 heterocycles. The second-order valence-electron chi connectivity index (χ2n) is 5.55. The average molecular weight is 269 g/mol. The van der Waals surface area contributed by atoms with Gasteiger partial charge in [-0.1, -0.05) is 6.92 Å². The molecule has 3 rings (SSSR count). The molecular weight excluding hydrogens is 246 g/mol. The van der Waals surface area contributed by atoms with E-state index in [0.717, 1.165) is 17.6 Å². The number of anilines is 2. The Bertz CT molecular complexity index is 628. The smallest absolute Gasteiger partial charge is 0.0727 e. The summed E-state index contributed by atoms with van der Waals surface area (Å²) < 4.78 is 0. The van der Waals surface area contributed by atoms with E-state index in [4.69, 9.17) is 4.98 Å². The highest BCUT2D eigenvalue weighted by molar-refractivity contribution is 5.95. The molecule has 2 aromatic rings. The molecule has 1 fully saturated rings. The Balaban J connectivity index is 2.18. The number of hydrogen-bond donors (Lipinski definition) is 1. The lowest BCUT2D eigenvalue weighted by atomic mass is 10.0. The Morgan fingerprint density at radius 2 is 2.00 bits per heavy atom. The highest BCUT2D eigenvalue weighted by Crippen LogP contribution is 2.32. The quantitative estimate of drug-likeness (QED) is 0.920. The van der Waals surface area contributed by atoms with Gasteiger partial charge in [0.25, 0.3) is 0 Å². The third kappa shape index (κ3) is 2.11. The van der Waals surface area contributed by atoms with E-state index in [1.54, 1.807) is 0 Å². The third-order valence-corrected chi connectivity index (χ3v) is 4.35. The van der Waals surface area contributed by atoms with Gasteiger partial charge in [-0.15, -0.1) is 0 Å². The van der Waals surface area contributed by atoms with Crippen LogP contribution in [0.25, 0.3) is 10.9 Å². The molecule has 3 heteroatoms. The first-order valence-corrected chi connectivity index (χ1v) is 7.60. The maximum Gasteiger partial charge on any atom is 0.0727 e. The highest BCUT2D eigenvalue weighted by atomic mass is 15.1. The molecule has 1 saturated heterocycles. The molecule has 1 aromatic carbocycles. The van der Waals surface area contributed by atoms with Gasteiger partial charge in [-0.3, -0.25) is 4.98 Å². The highest BCUT2D eigenvalue weighted by Gasteiger charge is 2.15. The van der Waals surface area contributed by atoms with E-state index in [9.17, 15) is 0 Å². The van der Waals surface area contributed by atoms with Gasteiger partial charge in [0.05, 0.1) is 5.52 Å². The number of nitrogens with one attached hydrogen (secondary N) is 1. The van der Waals surface area contributed by atoms with Crippen molar-refractivity contribution in [3.05, 3.63) is 29.5 Å². The lowest BCUT2D eigenvalue weighted by Gasteiger charge is -2.20. The number of pyridine rings is 1. The topological polar surface area (TPSA) is 28.2 Å². The molecule has 0 spiro atoms. The van der Waals surface area contributed by atoms with E-state index in [1.807, 2.05) is 7.05 Å². The summed E-state index contributed by atoms with van der Waals surface area (Å²) >= 11 is 0. The van der Waals surface area contributed by atoms with Crippen molar-refractivity contribution in [1.29, 1.82) is 0 Å². The van der Waals surface area contributed by atoms with Gasteiger partial charge in [0.1, 0.15) is 0 Å². The third-order valence-electron chi connectivity index (χ3n) is 4.35. The van der Waals surface area contributed by atoms with Crippen LogP contribution in [0.4, 0.5) is 11.4 Å². The van der Waals surface area contributed by atoms with Crippen LogP contribution in [-0.2, 0) is 6.42 Å². The molecule has 1 aliphatic heterocycles. The molecule has 1 aromatic heterocycles. The minimum atomic E-state index is 1.01. The number of benzene rings is 1. The molecule has 0 radical (unpaired) electrons. The van der Waals surface area contributed by atoms with Gasteiger partial charge in [-0.2, -0.15) is 0 Å². The SMILES string of the molecule is CCc1c(C)nc2ccc(N3CCCC3)cc2c1NC. The average Bonchev–Trinajstić information content (AvgIpc) is 2.99. The van der Waals surface area contributed by atoms with E-state index in [0.29, 0.717) is 0 Å². The molecule has 106 valence electrons. The monoisotopic (exact) mass is 269 g/mol.